The normalized spacial score (nSPS) is 18.2. The zero-order chi connectivity index (χ0) is 8.10. The third kappa shape index (κ3) is 2.11. The van der Waals surface area contributed by atoms with Crippen LogP contribution in [0.2, 0.25) is 0 Å². The van der Waals surface area contributed by atoms with Crippen LogP contribution in [0.4, 0.5) is 0 Å². The van der Waals surface area contributed by atoms with Gasteiger partial charge in [-0.05, 0) is 12.8 Å². The van der Waals surface area contributed by atoms with Gasteiger partial charge >= 0.3 is 0 Å². The smallest absolute Gasteiger partial charge is 0.207 e. The maximum absolute atomic E-state index is 8.36. The fourth-order valence-electron chi connectivity index (χ4n) is 1.06. The first-order valence-corrected chi connectivity index (χ1v) is 3.75. The first kappa shape index (κ1) is 7.86. The van der Waals surface area contributed by atoms with Crippen LogP contribution in [0.3, 0.4) is 0 Å². The van der Waals surface area contributed by atoms with Gasteiger partial charge in [0.1, 0.15) is 0 Å². The molecule has 1 aliphatic heterocycles. The molecule has 0 amide bonds. The molecular weight excluding hydrogens is 140 g/mol. The molecule has 0 spiro atoms. The molecule has 0 fully saturated rings. The highest BCUT2D eigenvalue weighted by atomic mass is 15.3. The van der Waals surface area contributed by atoms with Crippen molar-refractivity contribution >= 4 is 5.96 Å². The van der Waals surface area contributed by atoms with Crippen molar-refractivity contribution in [2.24, 2.45) is 4.99 Å². The van der Waals surface area contributed by atoms with Gasteiger partial charge in [0.25, 0.3) is 0 Å². The summed E-state index contributed by atoms with van der Waals surface area (Å²) in [6, 6.07) is 0. The van der Waals surface area contributed by atoms with Crippen LogP contribution in [0.25, 0.3) is 0 Å². The number of nitriles is 1. The van der Waals surface area contributed by atoms with Gasteiger partial charge in [-0.15, -0.1) is 0 Å². The van der Waals surface area contributed by atoms with Crippen molar-refractivity contribution in [3.63, 3.8) is 0 Å². The Morgan fingerprint density at radius 3 is 3.18 bits per heavy atom. The Balaban J connectivity index is 2.56. The SMILES string of the molecule is CN1CCCCN=C1NC#N. The molecule has 0 atom stereocenters. The lowest BCUT2D eigenvalue weighted by Crippen LogP contribution is -2.36. The second kappa shape index (κ2) is 3.81. The van der Waals surface area contributed by atoms with Gasteiger partial charge in [0, 0.05) is 20.1 Å². The van der Waals surface area contributed by atoms with E-state index >= 15 is 0 Å². The summed E-state index contributed by atoms with van der Waals surface area (Å²) in [6.45, 7) is 1.81. The van der Waals surface area contributed by atoms with Crippen LogP contribution in [-0.2, 0) is 0 Å². The van der Waals surface area contributed by atoms with Gasteiger partial charge in [0.15, 0.2) is 6.19 Å². The van der Waals surface area contributed by atoms with E-state index in [2.05, 4.69) is 10.3 Å². The monoisotopic (exact) mass is 152 g/mol. The molecule has 0 aromatic heterocycles. The summed E-state index contributed by atoms with van der Waals surface area (Å²) in [5, 5.41) is 10.9. The average Bonchev–Trinajstić information content (AvgIpc) is 2.18. The lowest BCUT2D eigenvalue weighted by molar-refractivity contribution is 0.486. The third-order valence-corrected chi connectivity index (χ3v) is 1.69. The Morgan fingerprint density at radius 1 is 1.64 bits per heavy atom. The maximum Gasteiger partial charge on any atom is 0.207 e. The minimum absolute atomic E-state index is 0.699. The number of nitrogens with one attached hydrogen (secondary N) is 1. The molecule has 60 valence electrons. The summed E-state index contributed by atoms with van der Waals surface area (Å²) in [7, 11) is 1.94. The van der Waals surface area contributed by atoms with E-state index in [9.17, 15) is 0 Å². The number of hydrogen-bond acceptors (Lipinski definition) is 4. The summed E-state index contributed by atoms with van der Waals surface area (Å²) in [5.74, 6) is 0.699. The van der Waals surface area contributed by atoms with Gasteiger partial charge in [-0.25, -0.2) is 0 Å². The zero-order valence-electron chi connectivity index (χ0n) is 6.67. The van der Waals surface area contributed by atoms with Crippen LogP contribution in [0.1, 0.15) is 12.8 Å². The molecule has 1 rings (SSSR count). The summed E-state index contributed by atoms with van der Waals surface area (Å²) in [5.41, 5.74) is 0. The van der Waals surface area contributed by atoms with Gasteiger partial charge in [0.2, 0.25) is 5.96 Å². The number of nitrogens with zero attached hydrogens (tertiary/aromatic N) is 3. The van der Waals surface area contributed by atoms with E-state index < -0.39 is 0 Å². The van der Waals surface area contributed by atoms with E-state index in [1.807, 2.05) is 18.1 Å². The molecule has 0 saturated heterocycles. The molecular formula is C7H12N4. The molecule has 4 nitrogen and oxygen atoms in total. The van der Waals surface area contributed by atoms with E-state index in [-0.39, 0.29) is 0 Å². The third-order valence-electron chi connectivity index (χ3n) is 1.69. The molecule has 0 saturated carbocycles. The molecule has 0 aromatic rings. The Hall–Kier alpha value is -1.24. The molecule has 11 heavy (non-hydrogen) atoms. The molecule has 0 aliphatic carbocycles. The van der Waals surface area contributed by atoms with Gasteiger partial charge in [-0.3, -0.25) is 10.3 Å². The van der Waals surface area contributed by atoms with Crippen molar-refractivity contribution in [3.8, 4) is 6.19 Å². The lowest BCUT2D eigenvalue weighted by Gasteiger charge is -2.16. The van der Waals surface area contributed by atoms with Crippen LogP contribution in [0.5, 0.6) is 0 Å². The van der Waals surface area contributed by atoms with E-state index in [4.69, 9.17) is 5.26 Å². The fourth-order valence-corrected chi connectivity index (χ4v) is 1.06. The first-order valence-electron chi connectivity index (χ1n) is 3.75. The van der Waals surface area contributed by atoms with Crippen LogP contribution in [0.15, 0.2) is 4.99 Å². The highest BCUT2D eigenvalue weighted by molar-refractivity contribution is 5.81. The van der Waals surface area contributed by atoms with Crippen LogP contribution in [-0.4, -0.2) is 31.0 Å². The Kier molecular flexibility index (Phi) is 2.73. The van der Waals surface area contributed by atoms with Crippen molar-refractivity contribution < 1.29 is 0 Å². The van der Waals surface area contributed by atoms with Crippen molar-refractivity contribution in [2.75, 3.05) is 20.1 Å². The van der Waals surface area contributed by atoms with Crippen molar-refractivity contribution in [2.45, 2.75) is 12.8 Å². The largest absolute Gasteiger partial charge is 0.345 e. The second-order valence-electron chi connectivity index (χ2n) is 2.57. The molecule has 4 heteroatoms. The van der Waals surface area contributed by atoms with Gasteiger partial charge in [-0.1, -0.05) is 0 Å². The van der Waals surface area contributed by atoms with Crippen LogP contribution >= 0.6 is 0 Å². The molecule has 0 unspecified atom stereocenters. The number of hydrogen-bond donors (Lipinski definition) is 1. The molecule has 1 N–H and O–H groups in total. The minimum atomic E-state index is 0.699. The number of rotatable bonds is 0. The quantitative estimate of drug-likeness (QED) is 0.397. The van der Waals surface area contributed by atoms with E-state index in [0.717, 1.165) is 25.9 Å². The van der Waals surface area contributed by atoms with Crippen molar-refractivity contribution in [1.29, 1.82) is 5.26 Å². The highest BCUT2D eigenvalue weighted by Crippen LogP contribution is 1.99. The summed E-state index contributed by atoms with van der Waals surface area (Å²) in [4.78, 5) is 6.17. The highest BCUT2D eigenvalue weighted by Gasteiger charge is 2.07. The number of aliphatic imine (C=N–C) groups is 1. The van der Waals surface area contributed by atoms with Gasteiger partial charge in [0.05, 0.1) is 0 Å². The van der Waals surface area contributed by atoms with E-state index in [0.29, 0.717) is 5.96 Å². The van der Waals surface area contributed by atoms with Gasteiger partial charge < -0.3 is 4.90 Å². The Labute approximate surface area is 66.5 Å². The molecule has 0 aromatic carbocycles. The standard InChI is InChI=1S/C7H12N4/c1-11-5-3-2-4-9-7(11)10-6-8/h2-5H2,1H3,(H,9,10). The first-order chi connectivity index (χ1) is 5.34. The minimum Gasteiger partial charge on any atom is -0.345 e. The van der Waals surface area contributed by atoms with Crippen molar-refractivity contribution in [3.05, 3.63) is 0 Å². The average molecular weight is 152 g/mol. The second-order valence-corrected chi connectivity index (χ2v) is 2.57. The molecule has 0 radical (unpaired) electrons. The van der Waals surface area contributed by atoms with Crippen molar-refractivity contribution in [1.82, 2.24) is 10.2 Å². The lowest BCUT2D eigenvalue weighted by atomic mass is 10.3. The maximum atomic E-state index is 8.36. The topological polar surface area (TPSA) is 51.4 Å². The Bertz CT molecular complexity index is 191. The summed E-state index contributed by atoms with van der Waals surface area (Å²) < 4.78 is 0. The van der Waals surface area contributed by atoms with Gasteiger partial charge in [-0.2, -0.15) is 5.26 Å². The summed E-state index contributed by atoms with van der Waals surface area (Å²) in [6.07, 6.45) is 4.13. The molecule has 0 bridgehead atoms. The zero-order valence-corrected chi connectivity index (χ0v) is 6.67. The molecule has 1 aliphatic rings. The fraction of sp³-hybridized carbons (Fsp3) is 0.714. The van der Waals surface area contributed by atoms with E-state index in [1.54, 1.807) is 0 Å². The number of guanidine groups is 1. The molecule has 1 heterocycles. The predicted octanol–water partition coefficient (Wildman–Crippen LogP) is 0.139. The van der Waals surface area contributed by atoms with E-state index in [1.165, 1.54) is 0 Å². The summed E-state index contributed by atoms with van der Waals surface area (Å²) >= 11 is 0. The van der Waals surface area contributed by atoms with Crippen LogP contribution in [0, 0.1) is 11.5 Å². The Morgan fingerprint density at radius 2 is 2.45 bits per heavy atom. The van der Waals surface area contributed by atoms with Crippen LogP contribution < -0.4 is 5.32 Å². The predicted molar refractivity (Wildman–Crippen MR) is 42.9 cm³/mol.